The van der Waals surface area contributed by atoms with E-state index in [4.69, 9.17) is 9.72 Å². The smallest absolute Gasteiger partial charge is 0.255 e. The minimum atomic E-state index is -0.231. The van der Waals surface area contributed by atoms with Crippen LogP contribution >= 0.6 is 11.3 Å². The number of thiophene rings is 1. The van der Waals surface area contributed by atoms with Crippen LogP contribution in [0.15, 0.2) is 29.1 Å². The van der Waals surface area contributed by atoms with E-state index in [0.717, 1.165) is 24.5 Å². The van der Waals surface area contributed by atoms with E-state index >= 15 is 0 Å². The first-order valence-corrected chi connectivity index (χ1v) is 9.76. The summed E-state index contributed by atoms with van der Waals surface area (Å²) in [7, 11) is 0. The number of amides is 1. The summed E-state index contributed by atoms with van der Waals surface area (Å²) in [5.41, 5.74) is 0.726. The highest BCUT2D eigenvalue weighted by Gasteiger charge is 2.32. The minimum Gasteiger partial charge on any atom is -0.377 e. The van der Waals surface area contributed by atoms with E-state index in [2.05, 4.69) is 9.88 Å². The molecule has 0 radical (unpaired) electrons. The Morgan fingerprint density at radius 1 is 1.20 bits per heavy atom. The lowest BCUT2D eigenvalue weighted by atomic mass is 10.1. The second-order valence-electron chi connectivity index (χ2n) is 6.42. The Hall–Kier alpha value is -1.99. The molecule has 2 aromatic rings. The number of nitrogens with zero attached hydrogens (tertiary/aromatic N) is 4. The molecule has 2 aliphatic heterocycles. The fourth-order valence-corrected chi connectivity index (χ4v) is 4.07. The Kier molecular flexibility index (Phi) is 4.94. The summed E-state index contributed by atoms with van der Waals surface area (Å²) >= 11 is 1.53. The molecule has 1 amide bonds. The molecule has 0 bridgehead atoms. The first kappa shape index (κ1) is 16.5. The fraction of sp³-hybridized carbons (Fsp3) is 0.500. The molecule has 4 heterocycles. The zero-order valence-corrected chi connectivity index (χ0v) is 15.0. The van der Waals surface area contributed by atoms with Gasteiger partial charge in [0.1, 0.15) is 11.9 Å². The summed E-state index contributed by atoms with van der Waals surface area (Å²) in [5.74, 6) is 1.66. The highest BCUT2D eigenvalue weighted by molar-refractivity contribution is 7.08. The van der Waals surface area contributed by atoms with Crippen molar-refractivity contribution in [2.75, 3.05) is 37.7 Å². The molecule has 2 aliphatic rings. The van der Waals surface area contributed by atoms with Gasteiger partial charge in [0.2, 0.25) is 0 Å². The average molecular weight is 358 g/mol. The summed E-state index contributed by atoms with van der Waals surface area (Å²) in [6.07, 6.45) is 5.49. The van der Waals surface area contributed by atoms with E-state index in [9.17, 15) is 4.79 Å². The third kappa shape index (κ3) is 3.52. The quantitative estimate of drug-likeness (QED) is 0.844. The van der Waals surface area contributed by atoms with Gasteiger partial charge in [0.25, 0.3) is 5.91 Å². The maximum Gasteiger partial charge on any atom is 0.255 e. The molecule has 4 rings (SSSR count). The molecule has 2 fully saturated rings. The second kappa shape index (κ2) is 7.49. The number of hydrogen-bond donors (Lipinski definition) is 0. The third-order valence-corrected chi connectivity index (χ3v) is 5.48. The SMILES string of the molecule is O=C(c1ccsc1)N1CCOC[C@H]1c1nccc(N2CCCCC2)n1. The summed E-state index contributed by atoms with van der Waals surface area (Å²) in [4.78, 5) is 26.2. The van der Waals surface area contributed by atoms with Gasteiger partial charge in [-0.25, -0.2) is 9.97 Å². The van der Waals surface area contributed by atoms with Crippen molar-refractivity contribution in [3.63, 3.8) is 0 Å². The Balaban J connectivity index is 1.59. The van der Waals surface area contributed by atoms with Crippen molar-refractivity contribution in [2.45, 2.75) is 25.3 Å². The molecule has 0 aliphatic carbocycles. The first-order valence-electron chi connectivity index (χ1n) is 8.82. The van der Waals surface area contributed by atoms with Crippen LogP contribution in [0.1, 0.15) is 41.5 Å². The molecular formula is C18H22N4O2S. The largest absolute Gasteiger partial charge is 0.377 e. The van der Waals surface area contributed by atoms with Crippen LogP contribution < -0.4 is 4.90 Å². The Labute approximate surface area is 151 Å². The van der Waals surface area contributed by atoms with E-state index in [-0.39, 0.29) is 11.9 Å². The van der Waals surface area contributed by atoms with Gasteiger partial charge >= 0.3 is 0 Å². The molecule has 0 aromatic carbocycles. The molecule has 0 saturated carbocycles. The van der Waals surface area contributed by atoms with Crippen LogP contribution in [0.25, 0.3) is 0 Å². The van der Waals surface area contributed by atoms with Crippen molar-refractivity contribution in [3.8, 4) is 0 Å². The molecule has 7 heteroatoms. The Morgan fingerprint density at radius 3 is 2.88 bits per heavy atom. The van der Waals surface area contributed by atoms with Crippen molar-refractivity contribution in [3.05, 3.63) is 40.5 Å². The van der Waals surface area contributed by atoms with Gasteiger partial charge in [-0.05, 0) is 36.8 Å². The van der Waals surface area contributed by atoms with Gasteiger partial charge in [-0.1, -0.05) is 0 Å². The number of piperidine rings is 1. The van der Waals surface area contributed by atoms with Gasteiger partial charge in [0.15, 0.2) is 5.82 Å². The van der Waals surface area contributed by atoms with Crippen LogP contribution in [-0.2, 0) is 4.74 Å². The maximum atomic E-state index is 12.8. The van der Waals surface area contributed by atoms with Gasteiger partial charge in [0, 0.05) is 31.2 Å². The standard InChI is InChI=1S/C18H22N4O2S/c23-18(14-5-11-25-13-14)22-9-10-24-12-15(22)17-19-6-4-16(20-17)21-7-2-1-3-8-21/h4-6,11,13,15H,1-3,7-10,12H2/t15-/m0/s1. The molecule has 132 valence electrons. The van der Waals surface area contributed by atoms with Crippen LogP contribution in [0.3, 0.4) is 0 Å². The summed E-state index contributed by atoms with van der Waals surface area (Å²) in [5, 5.41) is 3.82. The number of aromatic nitrogens is 2. The molecule has 0 spiro atoms. The van der Waals surface area contributed by atoms with E-state index < -0.39 is 0 Å². The Bertz CT molecular complexity index is 716. The number of ether oxygens (including phenoxy) is 1. The minimum absolute atomic E-state index is 0.0292. The fourth-order valence-electron chi connectivity index (χ4n) is 3.44. The van der Waals surface area contributed by atoms with Gasteiger partial charge in [-0.2, -0.15) is 11.3 Å². The van der Waals surface area contributed by atoms with Crippen LogP contribution in [0, 0.1) is 0 Å². The molecule has 2 saturated heterocycles. The monoisotopic (exact) mass is 358 g/mol. The summed E-state index contributed by atoms with van der Waals surface area (Å²) in [6, 6.07) is 3.60. The lowest BCUT2D eigenvalue weighted by Gasteiger charge is -2.35. The molecule has 0 N–H and O–H groups in total. The zero-order chi connectivity index (χ0) is 17.1. The second-order valence-corrected chi connectivity index (χ2v) is 7.20. The highest BCUT2D eigenvalue weighted by Crippen LogP contribution is 2.26. The highest BCUT2D eigenvalue weighted by atomic mass is 32.1. The number of carbonyl (C=O) groups is 1. The Morgan fingerprint density at radius 2 is 2.08 bits per heavy atom. The van der Waals surface area contributed by atoms with Crippen molar-refractivity contribution < 1.29 is 9.53 Å². The molecule has 25 heavy (non-hydrogen) atoms. The van der Waals surface area contributed by atoms with Crippen molar-refractivity contribution in [1.82, 2.24) is 14.9 Å². The lowest BCUT2D eigenvalue weighted by molar-refractivity contribution is -0.00517. The summed E-state index contributed by atoms with van der Waals surface area (Å²) < 4.78 is 5.63. The van der Waals surface area contributed by atoms with E-state index in [1.165, 1.54) is 30.6 Å². The number of rotatable bonds is 3. The van der Waals surface area contributed by atoms with Gasteiger partial charge in [0.05, 0.1) is 18.8 Å². The number of anilines is 1. The molecule has 2 aromatic heterocycles. The molecular weight excluding hydrogens is 336 g/mol. The molecule has 6 nitrogen and oxygen atoms in total. The predicted molar refractivity (Wildman–Crippen MR) is 97.0 cm³/mol. The topological polar surface area (TPSA) is 58.6 Å². The van der Waals surface area contributed by atoms with Crippen LogP contribution in [-0.4, -0.2) is 53.6 Å². The number of hydrogen-bond acceptors (Lipinski definition) is 6. The molecule has 1 atom stereocenters. The number of morpholine rings is 1. The lowest BCUT2D eigenvalue weighted by Crippen LogP contribution is -2.44. The predicted octanol–water partition coefficient (Wildman–Crippen LogP) is 2.74. The third-order valence-electron chi connectivity index (χ3n) is 4.80. The van der Waals surface area contributed by atoms with Gasteiger partial charge < -0.3 is 14.5 Å². The van der Waals surface area contributed by atoms with Crippen LogP contribution in [0.4, 0.5) is 5.82 Å². The van der Waals surface area contributed by atoms with E-state index in [1.54, 1.807) is 6.20 Å². The number of carbonyl (C=O) groups excluding carboxylic acids is 1. The van der Waals surface area contributed by atoms with Crippen LogP contribution in [0.5, 0.6) is 0 Å². The van der Waals surface area contributed by atoms with Gasteiger partial charge in [-0.3, -0.25) is 4.79 Å². The normalized spacial score (nSPS) is 21.4. The van der Waals surface area contributed by atoms with Crippen molar-refractivity contribution >= 4 is 23.1 Å². The maximum absolute atomic E-state index is 12.8. The van der Waals surface area contributed by atoms with Crippen LogP contribution in [0.2, 0.25) is 0 Å². The van der Waals surface area contributed by atoms with Crippen molar-refractivity contribution in [2.24, 2.45) is 0 Å². The molecule has 0 unspecified atom stereocenters. The average Bonchev–Trinajstić information content (AvgIpc) is 3.23. The zero-order valence-electron chi connectivity index (χ0n) is 14.1. The van der Waals surface area contributed by atoms with E-state index in [0.29, 0.717) is 25.6 Å². The van der Waals surface area contributed by atoms with E-state index in [1.807, 2.05) is 27.8 Å². The van der Waals surface area contributed by atoms with Gasteiger partial charge in [-0.15, -0.1) is 0 Å². The summed E-state index contributed by atoms with van der Waals surface area (Å²) in [6.45, 7) is 3.64. The van der Waals surface area contributed by atoms with Crippen molar-refractivity contribution in [1.29, 1.82) is 0 Å². The first-order chi connectivity index (χ1) is 12.3.